The van der Waals surface area contributed by atoms with E-state index in [1.807, 2.05) is 60.8 Å². The molecule has 0 fully saturated rings. The predicted molar refractivity (Wildman–Crippen MR) is 137 cm³/mol. The van der Waals surface area contributed by atoms with E-state index in [1.165, 1.54) is 6.21 Å². The van der Waals surface area contributed by atoms with E-state index in [2.05, 4.69) is 21.8 Å². The minimum atomic E-state index is -0.524. The fourth-order valence-corrected chi connectivity index (χ4v) is 3.98. The third-order valence-electron chi connectivity index (χ3n) is 5.81. The van der Waals surface area contributed by atoms with E-state index in [9.17, 15) is 4.79 Å². The molecule has 174 valence electrons. The number of carbonyl (C=O) groups excluding carboxylic acids is 1. The number of hydrogen-bond donors (Lipinski definition) is 3. The van der Waals surface area contributed by atoms with Gasteiger partial charge < -0.3 is 16.0 Å². The largest absolute Gasteiger partial charge is 0.393 e. The second-order valence-electron chi connectivity index (χ2n) is 8.06. The summed E-state index contributed by atoms with van der Waals surface area (Å²) in [5.74, 6) is -0.0585. The second-order valence-corrected chi connectivity index (χ2v) is 8.06. The van der Waals surface area contributed by atoms with Crippen molar-refractivity contribution in [3.63, 3.8) is 0 Å². The van der Waals surface area contributed by atoms with Gasteiger partial charge in [0.25, 0.3) is 0 Å². The lowest BCUT2D eigenvalue weighted by Gasteiger charge is -2.18. The van der Waals surface area contributed by atoms with Gasteiger partial charge in [-0.15, -0.1) is 0 Å². The fourth-order valence-electron chi connectivity index (χ4n) is 3.98. The molecule has 0 amide bonds. The van der Waals surface area contributed by atoms with Gasteiger partial charge in [-0.2, -0.15) is 10.4 Å². The van der Waals surface area contributed by atoms with Gasteiger partial charge >= 0.3 is 0 Å². The lowest BCUT2D eigenvalue weighted by atomic mass is 9.97. The van der Waals surface area contributed by atoms with Crippen LogP contribution in [-0.2, 0) is 6.42 Å². The summed E-state index contributed by atoms with van der Waals surface area (Å²) < 4.78 is 1.67. The first-order valence-electron chi connectivity index (χ1n) is 11.3. The fraction of sp³-hybridized carbons (Fsp3) is 0.143. The molecule has 0 aliphatic carbocycles. The number of nitriles is 1. The molecule has 4 aromatic rings. The number of allylic oxidation sites excluding steroid dienone is 1. The molecule has 35 heavy (non-hydrogen) atoms. The lowest BCUT2D eigenvalue weighted by Crippen LogP contribution is -2.30. The van der Waals surface area contributed by atoms with Gasteiger partial charge in [-0.05, 0) is 35.7 Å². The monoisotopic (exact) mass is 462 g/mol. The van der Waals surface area contributed by atoms with Crippen molar-refractivity contribution in [2.24, 2.45) is 0 Å². The number of nitrogens with zero attached hydrogens (tertiary/aromatic N) is 3. The van der Waals surface area contributed by atoms with Crippen molar-refractivity contribution in [3.8, 4) is 6.07 Å². The highest BCUT2D eigenvalue weighted by Gasteiger charge is 2.24. The summed E-state index contributed by atoms with van der Waals surface area (Å²) >= 11 is 0. The molecule has 0 aliphatic heterocycles. The number of Topliss-reactive ketones (excluding diaryl/α,β-unsaturated/α-hetero) is 1. The Kier molecular flexibility index (Phi) is 7.46. The first-order valence-corrected chi connectivity index (χ1v) is 11.3. The molecular weight excluding hydrogens is 436 g/mol. The molecule has 0 saturated carbocycles. The standard InChI is InChI=1S/C28H26N6O/c1-31-17-24(16-30)23-11-12-26-25(18-33-34(26)19-23)28(35)27(22-5-3-2-4-6-22)32-14-13-20-7-9-21(15-29)10-8-20/h2-12,16-19,27,30-32H,13-14H2,1H3/b24-17+,30-16?. The SMILES string of the molecule is CN/C=C(\C=N)c1ccc2c(C(=O)C(NCCc3ccc(C#N)cc3)c3ccccc3)cnn2c1. The molecule has 0 aliphatic rings. The van der Waals surface area contributed by atoms with Crippen LogP contribution in [-0.4, -0.2) is 35.2 Å². The number of ketones is 1. The maximum Gasteiger partial charge on any atom is 0.188 e. The molecule has 0 spiro atoms. The van der Waals surface area contributed by atoms with Crippen molar-refractivity contribution in [2.75, 3.05) is 13.6 Å². The van der Waals surface area contributed by atoms with Crippen molar-refractivity contribution >= 4 is 23.1 Å². The van der Waals surface area contributed by atoms with Crippen LogP contribution < -0.4 is 10.6 Å². The topological polar surface area (TPSA) is 106 Å². The zero-order valence-corrected chi connectivity index (χ0v) is 19.4. The highest BCUT2D eigenvalue weighted by atomic mass is 16.1. The first kappa shape index (κ1) is 23.6. The van der Waals surface area contributed by atoms with Crippen molar-refractivity contribution in [2.45, 2.75) is 12.5 Å². The number of pyridine rings is 1. The second kappa shape index (κ2) is 11.1. The number of aromatic nitrogens is 2. The Hall–Kier alpha value is -4.54. The van der Waals surface area contributed by atoms with Gasteiger partial charge in [0.15, 0.2) is 5.78 Å². The van der Waals surface area contributed by atoms with E-state index in [0.29, 0.717) is 28.8 Å². The summed E-state index contributed by atoms with van der Waals surface area (Å²) in [6.07, 6.45) is 7.16. The van der Waals surface area contributed by atoms with Gasteiger partial charge in [-0.25, -0.2) is 4.52 Å². The summed E-state index contributed by atoms with van der Waals surface area (Å²) in [6.45, 7) is 0.595. The van der Waals surface area contributed by atoms with Gasteiger partial charge in [-0.3, -0.25) is 4.79 Å². The molecule has 0 radical (unpaired) electrons. The van der Waals surface area contributed by atoms with Crippen molar-refractivity contribution < 1.29 is 4.79 Å². The lowest BCUT2D eigenvalue weighted by molar-refractivity contribution is 0.0945. The van der Waals surface area contributed by atoms with Crippen LogP contribution in [0.3, 0.4) is 0 Å². The molecule has 0 saturated heterocycles. The third-order valence-corrected chi connectivity index (χ3v) is 5.81. The van der Waals surface area contributed by atoms with Crippen LogP contribution in [0.5, 0.6) is 0 Å². The van der Waals surface area contributed by atoms with Crippen LogP contribution in [0.4, 0.5) is 0 Å². The first-order chi connectivity index (χ1) is 17.1. The average Bonchev–Trinajstić information content (AvgIpc) is 3.33. The Balaban J connectivity index is 1.58. The number of hydrogen-bond acceptors (Lipinski definition) is 6. The molecule has 0 bridgehead atoms. The zero-order valence-electron chi connectivity index (χ0n) is 19.4. The van der Waals surface area contributed by atoms with E-state index in [4.69, 9.17) is 10.7 Å². The Morgan fingerprint density at radius 1 is 1.14 bits per heavy atom. The van der Waals surface area contributed by atoms with Gasteiger partial charge in [0.1, 0.15) is 0 Å². The van der Waals surface area contributed by atoms with Crippen molar-refractivity contribution in [1.29, 1.82) is 10.7 Å². The van der Waals surface area contributed by atoms with E-state index in [0.717, 1.165) is 23.1 Å². The Labute approximate surface area is 204 Å². The molecule has 7 heteroatoms. The summed E-state index contributed by atoms with van der Waals surface area (Å²) in [6, 6.07) is 22.5. The molecule has 3 N–H and O–H groups in total. The Morgan fingerprint density at radius 2 is 1.91 bits per heavy atom. The van der Waals surface area contributed by atoms with E-state index in [1.54, 1.807) is 36.1 Å². The van der Waals surface area contributed by atoms with Gasteiger partial charge in [0, 0.05) is 43.3 Å². The molecule has 7 nitrogen and oxygen atoms in total. The van der Waals surface area contributed by atoms with Gasteiger partial charge in [0.05, 0.1) is 35.0 Å². The number of rotatable bonds is 10. The summed E-state index contributed by atoms with van der Waals surface area (Å²) in [4.78, 5) is 13.7. The maximum atomic E-state index is 13.7. The minimum Gasteiger partial charge on any atom is -0.393 e. The molecule has 2 aromatic carbocycles. The van der Waals surface area contributed by atoms with E-state index >= 15 is 0 Å². The van der Waals surface area contributed by atoms with E-state index < -0.39 is 6.04 Å². The molecule has 1 unspecified atom stereocenters. The van der Waals surface area contributed by atoms with Crippen LogP contribution in [0.25, 0.3) is 11.1 Å². The number of benzene rings is 2. The van der Waals surface area contributed by atoms with Crippen molar-refractivity contribution in [3.05, 3.63) is 113 Å². The minimum absolute atomic E-state index is 0.0585. The van der Waals surface area contributed by atoms with Crippen LogP contribution in [0.1, 0.15) is 38.7 Å². The summed E-state index contributed by atoms with van der Waals surface area (Å²) in [5.41, 5.74) is 5.39. The zero-order chi connectivity index (χ0) is 24.6. The highest BCUT2D eigenvalue weighted by molar-refractivity contribution is 6.09. The molecule has 4 rings (SSSR count). The molecule has 2 aromatic heterocycles. The average molecular weight is 463 g/mol. The van der Waals surface area contributed by atoms with Crippen molar-refractivity contribution in [1.82, 2.24) is 20.2 Å². The Morgan fingerprint density at radius 3 is 2.60 bits per heavy atom. The molecule has 2 heterocycles. The molecule has 1 atom stereocenters. The third kappa shape index (κ3) is 5.35. The van der Waals surface area contributed by atoms with Crippen LogP contribution in [0, 0.1) is 16.7 Å². The summed E-state index contributed by atoms with van der Waals surface area (Å²) in [5, 5.41) is 27.4. The van der Waals surface area contributed by atoms with Gasteiger partial charge in [0.2, 0.25) is 0 Å². The smallest absolute Gasteiger partial charge is 0.188 e. The number of carbonyl (C=O) groups is 1. The normalized spacial score (nSPS) is 12.2. The van der Waals surface area contributed by atoms with E-state index in [-0.39, 0.29) is 5.78 Å². The van der Waals surface area contributed by atoms with Crippen LogP contribution in [0.2, 0.25) is 0 Å². The Bertz CT molecular complexity index is 1400. The van der Waals surface area contributed by atoms with Gasteiger partial charge in [-0.1, -0.05) is 48.5 Å². The van der Waals surface area contributed by atoms with Crippen LogP contribution >= 0.6 is 0 Å². The summed E-state index contributed by atoms with van der Waals surface area (Å²) in [7, 11) is 1.78. The van der Waals surface area contributed by atoms with Crippen LogP contribution in [0.15, 0.2) is 85.3 Å². The quantitative estimate of drug-likeness (QED) is 0.242. The predicted octanol–water partition coefficient (Wildman–Crippen LogP) is 4.17. The number of fused-ring (bicyclic) bond motifs is 1. The maximum absolute atomic E-state index is 13.7. The highest BCUT2D eigenvalue weighted by Crippen LogP contribution is 2.23. The molecular formula is C28H26N6O. The number of nitrogens with one attached hydrogen (secondary N) is 3.